The standard InChI is InChI=1S/C12H19N3O5/c16-9(4-1-2-5-11(18)19)14-12(20)15-7-3-6-13-10(17)8-15/h1-8H2,(H,13,17)(H,18,19)(H,14,16,20). The molecule has 0 unspecified atom stereocenters. The lowest BCUT2D eigenvalue weighted by Crippen LogP contribution is -2.45. The number of imide groups is 1. The summed E-state index contributed by atoms with van der Waals surface area (Å²) in [4.78, 5) is 46.1. The zero-order valence-electron chi connectivity index (χ0n) is 11.2. The SMILES string of the molecule is O=C(O)CCCCC(=O)NC(=O)N1CCCNC(=O)C1. The first-order valence-electron chi connectivity index (χ1n) is 6.56. The summed E-state index contributed by atoms with van der Waals surface area (Å²) < 4.78 is 0. The molecule has 0 bridgehead atoms. The lowest BCUT2D eigenvalue weighted by molar-refractivity contribution is -0.137. The van der Waals surface area contributed by atoms with Crippen molar-refractivity contribution >= 4 is 23.8 Å². The molecule has 4 amide bonds. The lowest BCUT2D eigenvalue weighted by Gasteiger charge is -2.18. The van der Waals surface area contributed by atoms with Gasteiger partial charge in [0, 0.05) is 25.9 Å². The van der Waals surface area contributed by atoms with Crippen molar-refractivity contribution in [2.24, 2.45) is 0 Å². The topological polar surface area (TPSA) is 116 Å². The molecule has 0 atom stereocenters. The van der Waals surface area contributed by atoms with Crippen LogP contribution in [0.5, 0.6) is 0 Å². The summed E-state index contributed by atoms with van der Waals surface area (Å²) in [5.41, 5.74) is 0. The van der Waals surface area contributed by atoms with E-state index in [-0.39, 0.29) is 25.3 Å². The van der Waals surface area contributed by atoms with Crippen molar-refractivity contribution in [3.05, 3.63) is 0 Å². The average molecular weight is 285 g/mol. The minimum absolute atomic E-state index is 0.00746. The predicted octanol–water partition coefficient (Wildman–Crippen LogP) is -0.310. The van der Waals surface area contributed by atoms with Crippen LogP contribution in [0.15, 0.2) is 0 Å². The highest BCUT2D eigenvalue weighted by Gasteiger charge is 2.20. The van der Waals surface area contributed by atoms with Gasteiger partial charge in [-0.3, -0.25) is 19.7 Å². The Morgan fingerprint density at radius 3 is 2.65 bits per heavy atom. The van der Waals surface area contributed by atoms with Crippen molar-refractivity contribution in [1.82, 2.24) is 15.5 Å². The molecule has 112 valence electrons. The molecule has 1 rings (SSSR count). The van der Waals surface area contributed by atoms with Crippen LogP contribution in [-0.2, 0) is 14.4 Å². The van der Waals surface area contributed by atoms with Gasteiger partial charge < -0.3 is 15.3 Å². The molecule has 1 aliphatic heterocycles. The second-order valence-electron chi connectivity index (χ2n) is 4.58. The number of rotatable bonds is 5. The third-order valence-electron chi connectivity index (χ3n) is 2.84. The van der Waals surface area contributed by atoms with Crippen LogP contribution in [-0.4, -0.2) is 53.5 Å². The molecule has 0 aromatic rings. The van der Waals surface area contributed by atoms with Crippen molar-refractivity contribution < 1.29 is 24.3 Å². The van der Waals surface area contributed by atoms with Gasteiger partial charge in [0.2, 0.25) is 11.8 Å². The monoisotopic (exact) mass is 285 g/mol. The van der Waals surface area contributed by atoms with Gasteiger partial charge in [-0.25, -0.2) is 4.79 Å². The van der Waals surface area contributed by atoms with E-state index in [9.17, 15) is 19.2 Å². The van der Waals surface area contributed by atoms with Crippen LogP contribution in [0, 0.1) is 0 Å². The largest absolute Gasteiger partial charge is 0.481 e. The molecule has 8 nitrogen and oxygen atoms in total. The molecule has 1 fully saturated rings. The van der Waals surface area contributed by atoms with E-state index in [1.165, 1.54) is 4.90 Å². The number of carbonyl (C=O) groups is 4. The molecule has 0 spiro atoms. The average Bonchev–Trinajstić information content (AvgIpc) is 2.59. The maximum atomic E-state index is 11.8. The molecule has 1 saturated heterocycles. The van der Waals surface area contributed by atoms with Crippen molar-refractivity contribution in [2.45, 2.75) is 32.1 Å². The second-order valence-corrected chi connectivity index (χ2v) is 4.58. The minimum atomic E-state index is -0.905. The van der Waals surface area contributed by atoms with Gasteiger partial charge in [-0.2, -0.15) is 0 Å². The van der Waals surface area contributed by atoms with Crippen molar-refractivity contribution in [1.29, 1.82) is 0 Å². The van der Waals surface area contributed by atoms with E-state index in [1.54, 1.807) is 0 Å². The van der Waals surface area contributed by atoms with E-state index in [0.717, 1.165) is 0 Å². The van der Waals surface area contributed by atoms with Crippen LogP contribution in [0.1, 0.15) is 32.1 Å². The number of urea groups is 1. The number of hydrogen-bond acceptors (Lipinski definition) is 4. The Bertz CT molecular complexity index is 397. The van der Waals surface area contributed by atoms with Gasteiger partial charge in [-0.05, 0) is 19.3 Å². The maximum absolute atomic E-state index is 11.8. The van der Waals surface area contributed by atoms with Crippen molar-refractivity contribution in [3.63, 3.8) is 0 Å². The van der Waals surface area contributed by atoms with Gasteiger partial charge >= 0.3 is 12.0 Å². The fraction of sp³-hybridized carbons (Fsp3) is 0.667. The van der Waals surface area contributed by atoms with Crippen LogP contribution < -0.4 is 10.6 Å². The third kappa shape index (κ3) is 6.17. The van der Waals surface area contributed by atoms with Gasteiger partial charge in [0.1, 0.15) is 6.54 Å². The predicted molar refractivity (Wildman–Crippen MR) is 68.8 cm³/mol. The minimum Gasteiger partial charge on any atom is -0.481 e. The fourth-order valence-electron chi connectivity index (χ4n) is 1.80. The molecule has 1 heterocycles. The Hall–Kier alpha value is -2.12. The Balaban J connectivity index is 2.27. The van der Waals surface area contributed by atoms with E-state index < -0.39 is 17.9 Å². The van der Waals surface area contributed by atoms with Crippen LogP contribution in [0.2, 0.25) is 0 Å². The summed E-state index contributed by atoms with van der Waals surface area (Å²) in [6.07, 6.45) is 1.55. The van der Waals surface area contributed by atoms with Gasteiger partial charge in [0.25, 0.3) is 0 Å². The summed E-state index contributed by atoms with van der Waals surface area (Å²) in [6, 6.07) is -0.578. The first-order chi connectivity index (χ1) is 9.49. The lowest BCUT2D eigenvalue weighted by atomic mass is 10.2. The fourth-order valence-corrected chi connectivity index (χ4v) is 1.80. The highest BCUT2D eigenvalue weighted by molar-refractivity contribution is 5.95. The number of aliphatic carboxylic acids is 1. The Morgan fingerprint density at radius 2 is 1.95 bits per heavy atom. The Kier molecular flexibility index (Phi) is 6.48. The molecule has 0 aromatic carbocycles. The van der Waals surface area contributed by atoms with Crippen LogP contribution in [0.4, 0.5) is 4.79 Å². The molecular formula is C12H19N3O5. The molecular weight excluding hydrogens is 266 g/mol. The molecule has 1 aliphatic rings. The molecule has 0 aromatic heterocycles. The molecule has 0 radical (unpaired) electrons. The molecule has 0 aliphatic carbocycles. The van der Waals surface area contributed by atoms with Gasteiger partial charge in [0.05, 0.1) is 0 Å². The first-order valence-corrected chi connectivity index (χ1v) is 6.56. The summed E-state index contributed by atoms with van der Waals surface area (Å²) in [7, 11) is 0. The number of nitrogens with one attached hydrogen (secondary N) is 2. The highest BCUT2D eigenvalue weighted by atomic mass is 16.4. The second kappa shape index (κ2) is 8.13. The van der Waals surface area contributed by atoms with Crippen LogP contribution in [0.3, 0.4) is 0 Å². The quantitative estimate of drug-likeness (QED) is 0.599. The molecule has 20 heavy (non-hydrogen) atoms. The third-order valence-corrected chi connectivity index (χ3v) is 2.84. The summed E-state index contributed by atoms with van der Waals surface area (Å²) in [5, 5.41) is 13.3. The van der Waals surface area contributed by atoms with E-state index in [1.807, 2.05) is 0 Å². The summed E-state index contributed by atoms with van der Waals surface area (Å²) in [6.45, 7) is 0.876. The molecule has 0 saturated carbocycles. The zero-order valence-corrected chi connectivity index (χ0v) is 11.2. The number of carboxylic acid groups (broad SMARTS) is 1. The number of amides is 4. The number of carbonyl (C=O) groups excluding carboxylic acids is 3. The number of nitrogens with zero attached hydrogens (tertiary/aromatic N) is 1. The zero-order chi connectivity index (χ0) is 15.0. The van der Waals surface area contributed by atoms with Gasteiger partial charge in [0.15, 0.2) is 0 Å². The Labute approximate surface area is 116 Å². The van der Waals surface area contributed by atoms with Crippen LogP contribution in [0.25, 0.3) is 0 Å². The summed E-state index contributed by atoms with van der Waals surface area (Å²) >= 11 is 0. The summed E-state index contributed by atoms with van der Waals surface area (Å²) in [5.74, 6) is -1.60. The first kappa shape index (κ1) is 15.9. The van der Waals surface area contributed by atoms with Gasteiger partial charge in [-0.15, -0.1) is 0 Å². The molecule has 8 heteroatoms. The smallest absolute Gasteiger partial charge is 0.324 e. The van der Waals surface area contributed by atoms with Gasteiger partial charge in [-0.1, -0.05) is 0 Å². The highest BCUT2D eigenvalue weighted by Crippen LogP contribution is 2.01. The van der Waals surface area contributed by atoms with Crippen molar-refractivity contribution in [3.8, 4) is 0 Å². The van der Waals surface area contributed by atoms with Crippen molar-refractivity contribution in [2.75, 3.05) is 19.6 Å². The number of carboxylic acids is 1. The number of unbranched alkanes of at least 4 members (excludes halogenated alkanes) is 1. The normalized spacial score (nSPS) is 15.2. The molecule has 3 N–H and O–H groups in total. The maximum Gasteiger partial charge on any atom is 0.324 e. The van der Waals surface area contributed by atoms with Crippen LogP contribution >= 0.6 is 0 Å². The van der Waals surface area contributed by atoms with E-state index >= 15 is 0 Å². The Morgan fingerprint density at radius 1 is 1.25 bits per heavy atom. The number of hydrogen-bond donors (Lipinski definition) is 3. The van der Waals surface area contributed by atoms with E-state index in [0.29, 0.717) is 32.4 Å². The van der Waals surface area contributed by atoms with E-state index in [4.69, 9.17) is 5.11 Å². The van der Waals surface area contributed by atoms with E-state index in [2.05, 4.69) is 10.6 Å².